The normalized spacial score (nSPS) is 12.6. The molecule has 2 heterocycles. The first-order valence-electron chi connectivity index (χ1n) is 17.5. The third-order valence-electron chi connectivity index (χ3n) is 10.3. The van der Waals surface area contributed by atoms with E-state index in [1.807, 2.05) is 0 Å². The second-order valence-corrected chi connectivity index (χ2v) is 14.3. The molecule has 1 aliphatic rings. The molecule has 2 nitrogen and oxygen atoms in total. The third kappa shape index (κ3) is 4.96. The van der Waals surface area contributed by atoms with Gasteiger partial charge in [-0.25, -0.2) is 0 Å². The summed E-state index contributed by atoms with van der Waals surface area (Å²) in [4.78, 5) is 0. The Morgan fingerprint density at radius 1 is 0.500 bits per heavy atom. The van der Waals surface area contributed by atoms with Gasteiger partial charge in [0.25, 0.3) is 6.71 Å². The van der Waals surface area contributed by atoms with E-state index >= 15 is 0 Å². The Labute approximate surface area is 285 Å². The zero-order chi connectivity index (χ0) is 33.1. The van der Waals surface area contributed by atoms with Gasteiger partial charge < -0.3 is 9.30 Å². The van der Waals surface area contributed by atoms with E-state index in [-0.39, 0.29) is 6.71 Å². The molecule has 1 aromatic heterocycles. The maximum Gasteiger partial charge on any atom is 0.251 e. The fourth-order valence-electron chi connectivity index (χ4n) is 7.80. The van der Waals surface area contributed by atoms with E-state index in [9.17, 15) is 0 Å². The van der Waals surface area contributed by atoms with Gasteiger partial charge in [-0.15, -0.1) is 0 Å². The number of ether oxygens (including phenoxy) is 1. The summed E-state index contributed by atoms with van der Waals surface area (Å²) >= 11 is 0. The number of nitrogens with zero attached hydrogens (tertiary/aromatic N) is 1. The van der Waals surface area contributed by atoms with Crippen LogP contribution >= 0.6 is 0 Å². The van der Waals surface area contributed by atoms with Crippen LogP contribution in [0.25, 0.3) is 38.6 Å². The van der Waals surface area contributed by atoms with Gasteiger partial charge in [0.05, 0.1) is 11.0 Å². The zero-order valence-electron chi connectivity index (χ0n) is 28.8. The minimum Gasteiger partial charge on any atom is -0.458 e. The third-order valence-corrected chi connectivity index (χ3v) is 10.3. The smallest absolute Gasteiger partial charge is 0.251 e. The molecular formula is C45H42BNO. The van der Waals surface area contributed by atoms with E-state index < -0.39 is 0 Å². The van der Waals surface area contributed by atoms with Gasteiger partial charge in [0.2, 0.25) is 0 Å². The van der Waals surface area contributed by atoms with Gasteiger partial charge in [-0.1, -0.05) is 138 Å². The Morgan fingerprint density at radius 2 is 1.04 bits per heavy atom. The minimum absolute atomic E-state index is 0.104. The summed E-state index contributed by atoms with van der Waals surface area (Å²) < 4.78 is 9.10. The maximum absolute atomic E-state index is 6.73. The van der Waals surface area contributed by atoms with Gasteiger partial charge in [-0.2, -0.15) is 0 Å². The van der Waals surface area contributed by atoms with Gasteiger partial charge in [0.1, 0.15) is 11.5 Å². The Morgan fingerprint density at radius 3 is 1.65 bits per heavy atom. The quantitative estimate of drug-likeness (QED) is 0.168. The molecule has 0 radical (unpaired) electrons. The lowest BCUT2D eigenvalue weighted by Crippen LogP contribution is -2.57. The number of fused-ring (bicyclic) bond motifs is 5. The molecule has 0 spiro atoms. The molecule has 0 atom stereocenters. The zero-order valence-corrected chi connectivity index (χ0v) is 28.8. The number of hydrogen-bond acceptors (Lipinski definition) is 1. The summed E-state index contributed by atoms with van der Waals surface area (Å²) in [6, 6.07) is 46.7. The first-order chi connectivity index (χ1) is 23.3. The highest BCUT2D eigenvalue weighted by molar-refractivity contribution is 6.97. The van der Waals surface area contributed by atoms with Gasteiger partial charge in [-0.3, -0.25) is 0 Å². The van der Waals surface area contributed by atoms with Crippen molar-refractivity contribution >= 4 is 44.9 Å². The summed E-state index contributed by atoms with van der Waals surface area (Å²) in [5.41, 5.74) is 14.2. The van der Waals surface area contributed by atoms with E-state index in [1.54, 1.807) is 0 Å². The molecule has 48 heavy (non-hydrogen) atoms. The summed E-state index contributed by atoms with van der Waals surface area (Å²) in [5, 5.41) is 2.55. The molecule has 0 N–H and O–H groups in total. The molecule has 0 aliphatic carbocycles. The molecule has 0 bridgehead atoms. The van der Waals surface area contributed by atoms with Crippen molar-refractivity contribution in [1.29, 1.82) is 0 Å². The highest BCUT2D eigenvalue weighted by Crippen LogP contribution is 2.35. The molecular weight excluding hydrogens is 581 g/mol. The SMILES string of the molecule is CC(C)c1cc(C(C)C)c(B2c3ccccc3Oc3cc(-c4ccc(-n5c6ccccc6c6ccccc65)cc4)ccc32)c(C(C)C)c1. The lowest BCUT2D eigenvalue weighted by atomic mass is 9.34. The van der Waals surface area contributed by atoms with Crippen LogP contribution in [0.4, 0.5) is 0 Å². The van der Waals surface area contributed by atoms with Crippen molar-refractivity contribution in [3.63, 3.8) is 0 Å². The number of benzene rings is 6. The first kappa shape index (κ1) is 30.3. The molecule has 0 saturated carbocycles. The lowest BCUT2D eigenvalue weighted by Gasteiger charge is -2.32. The number of para-hydroxylation sites is 3. The van der Waals surface area contributed by atoms with E-state index in [0.717, 1.165) is 22.7 Å². The molecule has 0 unspecified atom stereocenters. The molecule has 0 amide bonds. The van der Waals surface area contributed by atoms with Gasteiger partial charge >= 0.3 is 0 Å². The van der Waals surface area contributed by atoms with Gasteiger partial charge in [0, 0.05) is 16.5 Å². The summed E-state index contributed by atoms with van der Waals surface area (Å²) in [7, 11) is 0. The Kier molecular flexibility index (Phi) is 7.52. The second kappa shape index (κ2) is 11.9. The standard InChI is InChI=1S/C45H42BNO/c1-28(2)33-25-37(29(3)4)45(38(26-33)30(5)6)46-39-15-9-12-18-43(39)48-44-27-32(21-24-40(44)46)31-19-22-34(23-20-31)47-41-16-10-7-13-35(41)36-14-8-11-17-42(36)47/h7-30H,1-6H3. The highest BCUT2D eigenvalue weighted by atomic mass is 16.5. The average Bonchev–Trinajstić information content (AvgIpc) is 3.44. The summed E-state index contributed by atoms with van der Waals surface area (Å²) in [6.45, 7) is 14.1. The summed E-state index contributed by atoms with van der Waals surface area (Å²) in [5.74, 6) is 3.18. The number of hydrogen-bond donors (Lipinski definition) is 0. The largest absolute Gasteiger partial charge is 0.458 e. The Bertz CT molecular complexity index is 2230. The van der Waals surface area contributed by atoms with Crippen LogP contribution in [0.3, 0.4) is 0 Å². The predicted molar refractivity (Wildman–Crippen MR) is 206 cm³/mol. The van der Waals surface area contributed by atoms with Crippen molar-refractivity contribution in [2.24, 2.45) is 0 Å². The molecule has 6 aromatic carbocycles. The topological polar surface area (TPSA) is 14.2 Å². The first-order valence-corrected chi connectivity index (χ1v) is 17.5. The molecule has 3 heteroatoms. The predicted octanol–water partition coefficient (Wildman–Crippen LogP) is 10.4. The second-order valence-electron chi connectivity index (χ2n) is 14.3. The van der Waals surface area contributed by atoms with Gasteiger partial charge in [0.15, 0.2) is 0 Å². The van der Waals surface area contributed by atoms with E-state index in [4.69, 9.17) is 4.74 Å². The maximum atomic E-state index is 6.73. The fraction of sp³-hybridized carbons (Fsp3) is 0.200. The molecule has 8 rings (SSSR count). The minimum atomic E-state index is 0.104. The Balaban J connectivity index is 1.24. The average molecular weight is 624 g/mol. The number of rotatable bonds is 6. The fourth-order valence-corrected chi connectivity index (χ4v) is 7.80. The molecule has 1 aliphatic heterocycles. The van der Waals surface area contributed by atoms with E-state index in [1.165, 1.54) is 60.4 Å². The monoisotopic (exact) mass is 623 g/mol. The Hall–Kier alpha value is -5.02. The van der Waals surface area contributed by atoms with Crippen LogP contribution in [0, 0.1) is 0 Å². The van der Waals surface area contributed by atoms with Gasteiger partial charge in [-0.05, 0) is 92.9 Å². The van der Waals surface area contributed by atoms with Crippen LogP contribution in [0.2, 0.25) is 0 Å². The number of aromatic nitrogens is 1. The van der Waals surface area contributed by atoms with Crippen molar-refractivity contribution in [2.75, 3.05) is 0 Å². The van der Waals surface area contributed by atoms with Crippen LogP contribution in [-0.4, -0.2) is 11.3 Å². The lowest BCUT2D eigenvalue weighted by molar-refractivity contribution is 0.487. The van der Waals surface area contributed by atoms with Crippen molar-refractivity contribution in [3.05, 3.63) is 144 Å². The van der Waals surface area contributed by atoms with Crippen LogP contribution in [0.15, 0.2) is 127 Å². The van der Waals surface area contributed by atoms with E-state index in [2.05, 4.69) is 174 Å². The van der Waals surface area contributed by atoms with Crippen LogP contribution in [-0.2, 0) is 0 Å². The van der Waals surface area contributed by atoms with Crippen LogP contribution in [0.1, 0.15) is 76.0 Å². The molecule has 7 aromatic rings. The molecule has 0 saturated heterocycles. The van der Waals surface area contributed by atoms with Crippen LogP contribution in [0.5, 0.6) is 11.5 Å². The summed E-state index contributed by atoms with van der Waals surface area (Å²) in [6.07, 6.45) is 0. The molecule has 0 fully saturated rings. The molecule has 236 valence electrons. The van der Waals surface area contributed by atoms with Crippen molar-refractivity contribution in [1.82, 2.24) is 4.57 Å². The highest BCUT2D eigenvalue weighted by Gasteiger charge is 2.36. The van der Waals surface area contributed by atoms with Crippen molar-refractivity contribution in [3.8, 4) is 28.3 Å². The van der Waals surface area contributed by atoms with Crippen molar-refractivity contribution < 1.29 is 4.74 Å². The van der Waals surface area contributed by atoms with Crippen LogP contribution < -0.4 is 21.1 Å². The van der Waals surface area contributed by atoms with Crippen molar-refractivity contribution in [2.45, 2.75) is 59.3 Å². The van der Waals surface area contributed by atoms with E-state index in [0.29, 0.717) is 17.8 Å².